The molecule has 0 fully saturated rings. The third-order valence-corrected chi connectivity index (χ3v) is 15.7. The van der Waals surface area contributed by atoms with Crippen molar-refractivity contribution in [2.45, 2.75) is 36.3 Å². The van der Waals surface area contributed by atoms with Crippen molar-refractivity contribution in [3.63, 3.8) is 0 Å². The van der Waals surface area contributed by atoms with E-state index < -0.39 is 16.5 Å². The monoisotopic (exact) mass is 770 g/mol. The molecule has 2 unspecified atom stereocenters. The van der Waals surface area contributed by atoms with Gasteiger partial charge in [0, 0.05) is 0 Å². The van der Waals surface area contributed by atoms with E-state index >= 15 is 0 Å². The van der Waals surface area contributed by atoms with Crippen molar-refractivity contribution in [2.75, 3.05) is 12.3 Å². The number of benzene rings is 4. The fourth-order valence-corrected chi connectivity index (χ4v) is 14.2. The summed E-state index contributed by atoms with van der Waals surface area (Å²) < 4.78 is 0. The SMILES string of the molecule is C[Si](C)([NH-])C(CP)(c1ccccc1)c1ccccc1.C[Si](C)([NH-])C(CP)(c1ccccc1)c1ccccc1.Cl.Cl.Cl.[Zr+2]. The molecule has 0 aliphatic heterocycles. The molecule has 2 N–H and O–H groups in total. The summed E-state index contributed by atoms with van der Waals surface area (Å²) in [6.45, 7) is 8.54. The number of rotatable bonds is 8. The first-order chi connectivity index (χ1) is 18.0. The Morgan fingerprint density at radius 3 is 0.738 bits per heavy atom. The van der Waals surface area contributed by atoms with Crippen molar-refractivity contribution >= 4 is 72.2 Å². The zero-order chi connectivity index (χ0) is 27.9. The van der Waals surface area contributed by atoms with Crippen LogP contribution in [0.15, 0.2) is 121 Å². The van der Waals surface area contributed by atoms with Gasteiger partial charge in [0.2, 0.25) is 0 Å². The predicted octanol–water partition coefficient (Wildman–Crippen LogP) is 10.6. The third-order valence-electron chi connectivity index (χ3n) is 7.81. The van der Waals surface area contributed by atoms with E-state index in [-0.39, 0.29) is 73.5 Å². The second-order valence-electron chi connectivity index (χ2n) is 10.9. The minimum atomic E-state index is -2.19. The number of hydrogen-bond acceptors (Lipinski definition) is 0. The van der Waals surface area contributed by atoms with Crippen molar-refractivity contribution in [3.05, 3.63) is 154 Å². The van der Waals surface area contributed by atoms with E-state index in [2.05, 4.69) is 142 Å². The zero-order valence-corrected chi connectivity index (χ0v) is 34.1. The van der Waals surface area contributed by atoms with Gasteiger partial charge < -0.3 is 10.8 Å². The Morgan fingerprint density at radius 2 is 0.619 bits per heavy atom. The molecular formula is C32H45Cl3N2P2Si2Zr. The Kier molecular flexibility index (Phi) is 20.3. The molecule has 4 aromatic carbocycles. The average molecular weight is 773 g/mol. The minimum Gasteiger partial charge on any atom is -0.679 e. The summed E-state index contributed by atoms with van der Waals surface area (Å²) in [5, 5.41) is 17.3. The molecule has 42 heavy (non-hydrogen) atoms. The van der Waals surface area contributed by atoms with Crippen LogP contribution in [0.4, 0.5) is 0 Å². The summed E-state index contributed by atoms with van der Waals surface area (Å²) in [6, 6.07) is 42.1. The molecule has 0 amide bonds. The topological polar surface area (TPSA) is 47.6 Å². The molecule has 0 aliphatic carbocycles. The standard InChI is InChI=1S/2C16H21NPSi.3ClH.Zr/c2*1-19(2,17)16(13-18,14-9-5-3-6-10-14)15-11-7-4-8-12-15;;;;/h2*3-12,17H,13,18H2,1-2H3;3*1H;/q2*-1;;;;+2. The quantitative estimate of drug-likeness (QED) is 0.127. The largest absolute Gasteiger partial charge is 2.00 e. The van der Waals surface area contributed by atoms with E-state index in [0.29, 0.717) is 0 Å². The van der Waals surface area contributed by atoms with Crippen LogP contribution < -0.4 is 0 Å². The maximum atomic E-state index is 8.84. The van der Waals surface area contributed by atoms with Gasteiger partial charge in [-0.2, -0.15) is 0 Å². The van der Waals surface area contributed by atoms with Gasteiger partial charge in [-0.15, -0.1) is 55.7 Å². The van der Waals surface area contributed by atoms with Crippen LogP contribution in [0, 0.1) is 0 Å². The van der Waals surface area contributed by atoms with Crippen molar-refractivity contribution in [1.29, 1.82) is 0 Å². The molecule has 226 valence electrons. The van der Waals surface area contributed by atoms with Crippen LogP contribution in [-0.4, -0.2) is 28.8 Å². The predicted molar refractivity (Wildman–Crippen MR) is 202 cm³/mol. The van der Waals surface area contributed by atoms with E-state index in [1.54, 1.807) is 0 Å². The van der Waals surface area contributed by atoms with Gasteiger partial charge in [-0.1, -0.05) is 148 Å². The van der Waals surface area contributed by atoms with Crippen LogP contribution in [0.5, 0.6) is 0 Å². The van der Waals surface area contributed by atoms with E-state index in [1.807, 2.05) is 24.3 Å². The zero-order valence-electron chi connectivity index (χ0n) is 24.8. The molecule has 0 saturated heterocycles. The summed E-state index contributed by atoms with van der Waals surface area (Å²) in [5.74, 6) is 0. The molecule has 0 radical (unpaired) electrons. The molecule has 2 atom stereocenters. The summed E-state index contributed by atoms with van der Waals surface area (Å²) in [7, 11) is 1.36. The fraction of sp³-hybridized carbons (Fsp3) is 0.250. The molecule has 0 spiro atoms. The molecule has 10 heteroatoms. The number of hydrogen-bond donors (Lipinski definition) is 0. The van der Waals surface area contributed by atoms with Crippen LogP contribution in [0.2, 0.25) is 26.2 Å². The molecule has 2 nitrogen and oxygen atoms in total. The van der Waals surface area contributed by atoms with Gasteiger partial charge in [-0.25, -0.2) is 0 Å². The Labute approximate surface area is 298 Å². The number of halogens is 3. The van der Waals surface area contributed by atoms with Gasteiger partial charge in [-0.05, 0) is 61.1 Å². The Bertz CT molecular complexity index is 1080. The molecule has 4 rings (SSSR count). The van der Waals surface area contributed by atoms with Gasteiger partial charge in [0.25, 0.3) is 0 Å². The number of nitrogens with one attached hydrogen (secondary N) is 2. The first kappa shape index (κ1) is 44.0. The Morgan fingerprint density at radius 1 is 0.452 bits per heavy atom. The van der Waals surface area contributed by atoms with Crippen molar-refractivity contribution in [3.8, 4) is 0 Å². The Hall–Kier alpha value is -0.153. The van der Waals surface area contributed by atoms with Crippen molar-refractivity contribution in [2.24, 2.45) is 0 Å². The van der Waals surface area contributed by atoms with E-state index in [0.717, 1.165) is 12.3 Å². The second-order valence-corrected chi connectivity index (χ2v) is 20.0. The van der Waals surface area contributed by atoms with Crippen molar-refractivity contribution in [1.82, 2.24) is 0 Å². The van der Waals surface area contributed by atoms with E-state index in [9.17, 15) is 0 Å². The van der Waals surface area contributed by atoms with Gasteiger partial charge in [0.05, 0.1) is 0 Å². The third kappa shape index (κ3) is 9.43. The van der Waals surface area contributed by atoms with Crippen LogP contribution in [0.25, 0.3) is 10.8 Å². The maximum absolute atomic E-state index is 8.84. The van der Waals surface area contributed by atoms with E-state index in [1.165, 1.54) is 22.3 Å². The minimum absolute atomic E-state index is 0. The van der Waals surface area contributed by atoms with Crippen LogP contribution in [0.3, 0.4) is 0 Å². The Balaban J connectivity index is 0. The van der Waals surface area contributed by atoms with Gasteiger partial charge >= 0.3 is 26.2 Å². The first-order valence-electron chi connectivity index (χ1n) is 13.2. The van der Waals surface area contributed by atoms with Gasteiger partial charge in [0.1, 0.15) is 0 Å². The molecule has 0 bridgehead atoms. The van der Waals surface area contributed by atoms with Crippen LogP contribution >= 0.6 is 55.7 Å². The van der Waals surface area contributed by atoms with Gasteiger partial charge in [0.15, 0.2) is 0 Å². The molecule has 0 heterocycles. The average Bonchev–Trinajstić information content (AvgIpc) is 2.91. The summed E-state index contributed by atoms with van der Waals surface area (Å²) in [5.41, 5.74) is 5.07. The molecule has 0 aromatic heterocycles. The molecule has 0 saturated carbocycles. The van der Waals surface area contributed by atoms with E-state index in [4.69, 9.17) is 10.8 Å². The van der Waals surface area contributed by atoms with Crippen LogP contribution in [-0.2, 0) is 36.3 Å². The summed E-state index contributed by atoms with van der Waals surface area (Å²) in [6.07, 6.45) is 1.79. The fourth-order valence-electron chi connectivity index (χ4n) is 5.65. The summed E-state index contributed by atoms with van der Waals surface area (Å²) in [4.78, 5) is 0. The first-order valence-corrected chi connectivity index (χ1v) is 20.8. The molecular weight excluding hydrogens is 728 g/mol. The normalized spacial score (nSPS) is 11.2. The smallest absolute Gasteiger partial charge is 0.679 e. The van der Waals surface area contributed by atoms with Gasteiger partial charge in [-0.3, -0.25) is 0 Å². The second kappa shape index (κ2) is 19.4. The van der Waals surface area contributed by atoms with Crippen LogP contribution in [0.1, 0.15) is 22.3 Å². The maximum Gasteiger partial charge on any atom is 2.00 e. The summed E-state index contributed by atoms with van der Waals surface area (Å²) >= 11 is 0. The molecule has 4 aromatic rings. The molecule has 0 aliphatic rings. The van der Waals surface area contributed by atoms with Crippen molar-refractivity contribution < 1.29 is 26.2 Å².